The fourth-order valence-corrected chi connectivity index (χ4v) is 2.10. The SMILES string of the molecule is C=C1C(O)O[C@H]([C@@H](O)C(=O)OC)C(=O)N1Cc1ccccc1. The van der Waals surface area contributed by atoms with Crippen LogP contribution in [0.2, 0.25) is 0 Å². The largest absolute Gasteiger partial charge is 0.467 e. The van der Waals surface area contributed by atoms with Crippen LogP contribution < -0.4 is 0 Å². The lowest BCUT2D eigenvalue weighted by molar-refractivity contribution is -0.203. The molecule has 22 heavy (non-hydrogen) atoms. The lowest BCUT2D eigenvalue weighted by atomic mass is 10.1. The van der Waals surface area contributed by atoms with Gasteiger partial charge in [0, 0.05) is 0 Å². The quantitative estimate of drug-likeness (QED) is 0.747. The van der Waals surface area contributed by atoms with Crippen LogP contribution in [0, 0.1) is 0 Å². The van der Waals surface area contributed by atoms with E-state index in [9.17, 15) is 19.8 Å². The summed E-state index contributed by atoms with van der Waals surface area (Å²) in [7, 11) is 1.08. The zero-order valence-electron chi connectivity index (χ0n) is 12.0. The Hall–Kier alpha value is -2.22. The lowest BCUT2D eigenvalue weighted by Crippen LogP contribution is -2.55. The second kappa shape index (κ2) is 6.69. The van der Waals surface area contributed by atoms with Crippen molar-refractivity contribution in [3.63, 3.8) is 0 Å². The number of rotatable bonds is 4. The predicted octanol–water partition coefficient (Wildman–Crippen LogP) is -0.220. The van der Waals surface area contributed by atoms with E-state index in [0.29, 0.717) is 0 Å². The number of nitrogens with zero attached hydrogens (tertiary/aromatic N) is 1. The molecule has 1 aromatic carbocycles. The molecular formula is C15H17NO6. The molecule has 0 aliphatic carbocycles. The minimum absolute atomic E-state index is 0.0437. The molecule has 1 heterocycles. The highest BCUT2D eigenvalue weighted by atomic mass is 16.6. The smallest absolute Gasteiger partial charge is 0.338 e. The molecule has 1 saturated heterocycles. The van der Waals surface area contributed by atoms with Gasteiger partial charge in [-0.15, -0.1) is 0 Å². The highest BCUT2D eigenvalue weighted by molar-refractivity contribution is 5.90. The van der Waals surface area contributed by atoms with Crippen molar-refractivity contribution in [1.29, 1.82) is 0 Å². The van der Waals surface area contributed by atoms with Crippen molar-refractivity contribution in [2.24, 2.45) is 0 Å². The van der Waals surface area contributed by atoms with Gasteiger partial charge in [-0.3, -0.25) is 4.79 Å². The number of amides is 1. The number of methoxy groups -OCH3 is 1. The molecule has 7 heteroatoms. The fraction of sp³-hybridized carbons (Fsp3) is 0.333. The number of carbonyl (C=O) groups is 2. The third kappa shape index (κ3) is 3.16. The number of esters is 1. The maximum absolute atomic E-state index is 12.4. The molecule has 118 valence electrons. The first kappa shape index (κ1) is 16.2. The first-order valence-corrected chi connectivity index (χ1v) is 6.59. The van der Waals surface area contributed by atoms with Crippen LogP contribution in [-0.2, 0) is 25.6 Å². The summed E-state index contributed by atoms with van der Waals surface area (Å²) in [4.78, 5) is 25.0. The van der Waals surface area contributed by atoms with Gasteiger partial charge in [0.1, 0.15) is 0 Å². The Labute approximate surface area is 127 Å². The van der Waals surface area contributed by atoms with E-state index in [1.54, 1.807) is 24.3 Å². The Morgan fingerprint density at radius 1 is 1.45 bits per heavy atom. The van der Waals surface area contributed by atoms with E-state index in [0.717, 1.165) is 12.7 Å². The molecule has 1 amide bonds. The van der Waals surface area contributed by atoms with Crippen LogP contribution in [0.25, 0.3) is 0 Å². The minimum atomic E-state index is -1.82. The van der Waals surface area contributed by atoms with Gasteiger partial charge in [-0.05, 0) is 5.56 Å². The standard InChI is InChI=1S/C15H17NO6/c1-9-14(19)22-12(11(17)15(20)21-2)13(18)16(9)8-10-6-4-3-5-7-10/h3-7,11-12,14,17,19H,1,8H2,2H3/t11-,12-,14?/m1/s1. The van der Waals surface area contributed by atoms with Gasteiger partial charge in [-0.2, -0.15) is 0 Å². The summed E-state index contributed by atoms with van der Waals surface area (Å²) in [5, 5.41) is 19.7. The van der Waals surface area contributed by atoms with Crippen LogP contribution in [-0.4, -0.2) is 52.6 Å². The van der Waals surface area contributed by atoms with Crippen LogP contribution in [0.4, 0.5) is 0 Å². The number of morpholine rings is 1. The first-order valence-electron chi connectivity index (χ1n) is 6.59. The second-order valence-corrected chi connectivity index (χ2v) is 4.78. The average molecular weight is 307 g/mol. The van der Waals surface area contributed by atoms with Gasteiger partial charge < -0.3 is 24.6 Å². The third-order valence-electron chi connectivity index (χ3n) is 3.33. The monoisotopic (exact) mass is 307 g/mol. The zero-order valence-corrected chi connectivity index (χ0v) is 12.0. The Morgan fingerprint density at radius 2 is 2.09 bits per heavy atom. The normalized spacial score (nSPS) is 23.3. The summed E-state index contributed by atoms with van der Waals surface area (Å²) in [5.74, 6) is -1.69. The summed E-state index contributed by atoms with van der Waals surface area (Å²) >= 11 is 0. The maximum Gasteiger partial charge on any atom is 0.338 e. The number of aliphatic hydroxyl groups excluding tert-OH is 2. The van der Waals surface area contributed by atoms with Gasteiger partial charge >= 0.3 is 5.97 Å². The van der Waals surface area contributed by atoms with E-state index in [2.05, 4.69) is 11.3 Å². The lowest BCUT2D eigenvalue weighted by Gasteiger charge is -2.37. The molecule has 1 fully saturated rings. The van der Waals surface area contributed by atoms with Crippen LogP contribution >= 0.6 is 0 Å². The van der Waals surface area contributed by atoms with Gasteiger partial charge in [-0.25, -0.2) is 4.79 Å². The Balaban J connectivity index is 2.22. The molecule has 1 unspecified atom stereocenters. The molecule has 1 aromatic rings. The van der Waals surface area contributed by atoms with Crippen molar-refractivity contribution in [3.05, 3.63) is 48.2 Å². The molecule has 1 aliphatic rings. The van der Waals surface area contributed by atoms with E-state index in [-0.39, 0.29) is 12.2 Å². The summed E-state index contributed by atoms with van der Waals surface area (Å²) in [6.45, 7) is 3.76. The van der Waals surface area contributed by atoms with E-state index in [4.69, 9.17) is 4.74 Å². The van der Waals surface area contributed by atoms with Crippen molar-refractivity contribution in [3.8, 4) is 0 Å². The fourth-order valence-electron chi connectivity index (χ4n) is 2.10. The molecule has 7 nitrogen and oxygen atoms in total. The van der Waals surface area contributed by atoms with Gasteiger partial charge in [0.05, 0.1) is 19.4 Å². The van der Waals surface area contributed by atoms with Crippen molar-refractivity contribution < 1.29 is 29.3 Å². The molecule has 0 aromatic heterocycles. The summed E-state index contributed by atoms with van der Waals surface area (Å²) in [6, 6.07) is 9.04. The van der Waals surface area contributed by atoms with E-state index >= 15 is 0 Å². The number of benzene rings is 1. The molecule has 0 radical (unpaired) electrons. The summed E-state index contributed by atoms with van der Waals surface area (Å²) < 4.78 is 9.36. The number of ether oxygens (including phenoxy) is 2. The topological polar surface area (TPSA) is 96.3 Å². The van der Waals surface area contributed by atoms with Crippen molar-refractivity contribution in [1.82, 2.24) is 4.90 Å². The molecule has 1 aliphatic heterocycles. The molecule has 3 atom stereocenters. The van der Waals surface area contributed by atoms with Gasteiger partial charge in [-0.1, -0.05) is 36.9 Å². The first-order chi connectivity index (χ1) is 10.5. The van der Waals surface area contributed by atoms with Crippen LogP contribution in [0.1, 0.15) is 5.56 Å². The van der Waals surface area contributed by atoms with E-state index < -0.39 is 30.4 Å². The van der Waals surface area contributed by atoms with Crippen molar-refractivity contribution in [2.45, 2.75) is 25.0 Å². The van der Waals surface area contributed by atoms with Gasteiger partial charge in [0.2, 0.25) is 0 Å². The summed E-state index contributed by atoms with van der Waals surface area (Å²) in [6.07, 6.45) is -4.86. The maximum atomic E-state index is 12.4. The Kier molecular flexibility index (Phi) is 4.92. The van der Waals surface area contributed by atoms with Crippen LogP contribution in [0.3, 0.4) is 0 Å². The average Bonchev–Trinajstić information content (AvgIpc) is 2.54. The van der Waals surface area contributed by atoms with Gasteiger partial charge in [0.15, 0.2) is 18.5 Å². The Morgan fingerprint density at radius 3 is 2.68 bits per heavy atom. The van der Waals surface area contributed by atoms with E-state index in [1.807, 2.05) is 6.07 Å². The number of aliphatic hydroxyl groups is 2. The third-order valence-corrected chi connectivity index (χ3v) is 3.33. The highest BCUT2D eigenvalue weighted by Crippen LogP contribution is 2.24. The molecule has 2 rings (SSSR count). The molecule has 0 bridgehead atoms. The number of hydrogen-bond acceptors (Lipinski definition) is 6. The number of carbonyl (C=O) groups excluding carboxylic acids is 2. The number of hydrogen-bond donors (Lipinski definition) is 2. The van der Waals surface area contributed by atoms with Crippen LogP contribution in [0.5, 0.6) is 0 Å². The van der Waals surface area contributed by atoms with Gasteiger partial charge in [0.25, 0.3) is 5.91 Å². The van der Waals surface area contributed by atoms with Crippen LogP contribution in [0.15, 0.2) is 42.6 Å². The molecular weight excluding hydrogens is 290 g/mol. The van der Waals surface area contributed by atoms with Crippen molar-refractivity contribution in [2.75, 3.05) is 7.11 Å². The minimum Gasteiger partial charge on any atom is -0.467 e. The zero-order chi connectivity index (χ0) is 16.3. The Bertz CT molecular complexity index is 573. The highest BCUT2D eigenvalue weighted by Gasteiger charge is 2.44. The van der Waals surface area contributed by atoms with E-state index in [1.165, 1.54) is 4.90 Å². The summed E-state index contributed by atoms with van der Waals surface area (Å²) in [5.41, 5.74) is 0.847. The molecule has 0 spiro atoms. The predicted molar refractivity (Wildman–Crippen MR) is 75.0 cm³/mol. The van der Waals surface area contributed by atoms with Crippen molar-refractivity contribution >= 4 is 11.9 Å². The second-order valence-electron chi connectivity index (χ2n) is 4.78. The molecule has 0 saturated carbocycles. The molecule has 2 N–H and O–H groups in total.